The summed E-state index contributed by atoms with van der Waals surface area (Å²) in [6.45, 7) is 1.09. The van der Waals surface area contributed by atoms with Gasteiger partial charge in [-0.1, -0.05) is 35.5 Å². The molecule has 1 aliphatic rings. The van der Waals surface area contributed by atoms with Gasteiger partial charge in [0, 0.05) is 24.7 Å². The number of carbonyl (C=O) groups is 2. The summed E-state index contributed by atoms with van der Waals surface area (Å²) in [5.74, 6) is -0.103. The smallest absolute Gasteiger partial charge is 0.289 e. The number of nitrogens with one attached hydrogen (secondary N) is 1. The number of furan rings is 1. The van der Waals surface area contributed by atoms with Crippen LogP contribution in [0, 0.1) is 0 Å². The average molecular weight is 365 g/mol. The highest BCUT2D eigenvalue weighted by Crippen LogP contribution is 2.22. The monoisotopic (exact) mass is 365 g/mol. The van der Waals surface area contributed by atoms with Gasteiger partial charge in [-0.25, -0.2) is 0 Å². The number of carbonyl (C=O) groups excluding carboxylic acids is 2. The number of piperidine rings is 1. The number of hydrogen-bond donors (Lipinski definition) is 1. The molecule has 1 N–H and O–H groups in total. The van der Waals surface area contributed by atoms with E-state index in [1.807, 2.05) is 30.3 Å². The summed E-state index contributed by atoms with van der Waals surface area (Å²) >= 11 is 0. The molecule has 1 aliphatic heterocycles. The first-order chi connectivity index (χ1) is 13.2. The van der Waals surface area contributed by atoms with Gasteiger partial charge in [-0.05, 0) is 25.0 Å². The maximum Gasteiger partial charge on any atom is 0.289 e. The molecule has 7 nitrogen and oxygen atoms in total. The third-order valence-electron chi connectivity index (χ3n) is 4.64. The van der Waals surface area contributed by atoms with Crippen molar-refractivity contribution < 1.29 is 18.5 Å². The van der Waals surface area contributed by atoms with Crippen molar-refractivity contribution in [1.82, 2.24) is 15.4 Å². The summed E-state index contributed by atoms with van der Waals surface area (Å²) in [5, 5.41) is 6.96. The van der Waals surface area contributed by atoms with E-state index in [0.717, 1.165) is 18.4 Å². The molecule has 1 fully saturated rings. The molecule has 1 aromatic carbocycles. The van der Waals surface area contributed by atoms with Crippen molar-refractivity contribution in [3.8, 4) is 11.3 Å². The molecule has 3 aromatic rings. The van der Waals surface area contributed by atoms with E-state index >= 15 is 0 Å². The lowest BCUT2D eigenvalue weighted by Crippen LogP contribution is -2.49. The van der Waals surface area contributed by atoms with Gasteiger partial charge in [0.2, 0.25) is 0 Å². The van der Waals surface area contributed by atoms with Crippen LogP contribution in [0.3, 0.4) is 0 Å². The van der Waals surface area contributed by atoms with Crippen LogP contribution < -0.4 is 5.32 Å². The summed E-state index contributed by atoms with van der Waals surface area (Å²) < 4.78 is 10.2. The van der Waals surface area contributed by atoms with Crippen molar-refractivity contribution in [3.63, 3.8) is 0 Å². The SMILES string of the molecule is O=C(NC1CCCN(C(=O)c2ccco2)C1)c1conc1-c1ccccc1. The van der Waals surface area contributed by atoms with Crippen LogP contribution in [-0.4, -0.2) is 41.0 Å². The molecular formula is C20H19N3O4. The van der Waals surface area contributed by atoms with Crippen molar-refractivity contribution >= 4 is 11.8 Å². The van der Waals surface area contributed by atoms with Crippen molar-refractivity contribution in [3.05, 3.63) is 66.3 Å². The van der Waals surface area contributed by atoms with Gasteiger partial charge in [0.05, 0.1) is 6.26 Å². The van der Waals surface area contributed by atoms with E-state index in [9.17, 15) is 9.59 Å². The quantitative estimate of drug-likeness (QED) is 0.768. The van der Waals surface area contributed by atoms with Gasteiger partial charge in [-0.15, -0.1) is 0 Å². The van der Waals surface area contributed by atoms with Crippen LogP contribution >= 0.6 is 0 Å². The summed E-state index contributed by atoms with van der Waals surface area (Å²) in [5.41, 5.74) is 1.71. The van der Waals surface area contributed by atoms with E-state index in [-0.39, 0.29) is 17.9 Å². The molecule has 0 spiro atoms. The molecule has 2 aromatic heterocycles. The summed E-state index contributed by atoms with van der Waals surface area (Å²) in [6.07, 6.45) is 4.45. The van der Waals surface area contributed by atoms with Crippen molar-refractivity contribution in [2.75, 3.05) is 13.1 Å². The van der Waals surface area contributed by atoms with Gasteiger partial charge in [0.1, 0.15) is 17.5 Å². The number of aromatic nitrogens is 1. The van der Waals surface area contributed by atoms with E-state index < -0.39 is 0 Å². The van der Waals surface area contributed by atoms with Gasteiger partial charge in [0.15, 0.2) is 5.76 Å². The Labute approximate surface area is 155 Å². The number of likely N-dealkylation sites (tertiary alicyclic amines) is 1. The normalized spacial score (nSPS) is 16.9. The lowest BCUT2D eigenvalue weighted by atomic mass is 10.0. The van der Waals surface area contributed by atoms with Gasteiger partial charge in [0.25, 0.3) is 11.8 Å². The Morgan fingerprint density at radius 3 is 2.78 bits per heavy atom. The van der Waals surface area contributed by atoms with Crippen LogP contribution in [0.1, 0.15) is 33.8 Å². The minimum Gasteiger partial charge on any atom is -0.459 e. The summed E-state index contributed by atoms with van der Waals surface area (Å²) in [6, 6.07) is 12.6. The minimum absolute atomic E-state index is 0.135. The first kappa shape index (κ1) is 17.1. The Hall–Kier alpha value is -3.35. The molecular weight excluding hydrogens is 346 g/mol. The molecule has 0 radical (unpaired) electrons. The molecule has 0 aliphatic carbocycles. The number of amides is 2. The Balaban J connectivity index is 1.44. The fourth-order valence-corrected chi connectivity index (χ4v) is 3.30. The van der Waals surface area contributed by atoms with Crippen LogP contribution in [0.4, 0.5) is 0 Å². The van der Waals surface area contributed by atoms with E-state index in [4.69, 9.17) is 8.94 Å². The van der Waals surface area contributed by atoms with Crippen molar-refractivity contribution in [2.45, 2.75) is 18.9 Å². The molecule has 27 heavy (non-hydrogen) atoms. The number of hydrogen-bond acceptors (Lipinski definition) is 5. The average Bonchev–Trinajstić information content (AvgIpc) is 3.40. The topological polar surface area (TPSA) is 88.6 Å². The molecule has 0 saturated carbocycles. The number of nitrogens with zero attached hydrogens (tertiary/aromatic N) is 2. The standard InChI is InChI=1S/C20H19N3O4/c24-19(16-13-27-22-18(16)14-6-2-1-3-7-14)21-15-8-4-10-23(12-15)20(25)17-9-5-11-26-17/h1-3,5-7,9,11,13,15H,4,8,10,12H2,(H,21,24). The molecule has 1 saturated heterocycles. The Bertz CT molecular complexity index is 918. The maximum atomic E-state index is 12.7. The van der Waals surface area contributed by atoms with Gasteiger partial charge >= 0.3 is 0 Å². The third kappa shape index (κ3) is 3.62. The Kier molecular flexibility index (Phi) is 4.74. The van der Waals surface area contributed by atoms with Gasteiger partial charge in [-0.2, -0.15) is 0 Å². The van der Waals surface area contributed by atoms with Crippen LogP contribution in [0.15, 0.2) is 63.9 Å². The van der Waals surface area contributed by atoms with Crippen molar-refractivity contribution in [2.24, 2.45) is 0 Å². The molecule has 2 amide bonds. The highest BCUT2D eigenvalue weighted by Gasteiger charge is 2.28. The van der Waals surface area contributed by atoms with Crippen molar-refractivity contribution in [1.29, 1.82) is 0 Å². The van der Waals surface area contributed by atoms with E-state index in [1.165, 1.54) is 12.5 Å². The van der Waals surface area contributed by atoms with Crippen LogP contribution in [0.2, 0.25) is 0 Å². The number of rotatable bonds is 4. The van der Waals surface area contributed by atoms with Crippen LogP contribution in [-0.2, 0) is 0 Å². The Morgan fingerprint density at radius 1 is 1.15 bits per heavy atom. The zero-order chi connectivity index (χ0) is 18.6. The number of benzene rings is 1. The second kappa shape index (κ2) is 7.49. The predicted octanol–water partition coefficient (Wildman–Crippen LogP) is 2.97. The molecule has 1 atom stereocenters. The fraction of sp³-hybridized carbons (Fsp3) is 0.250. The predicted molar refractivity (Wildman–Crippen MR) is 97.0 cm³/mol. The molecule has 1 unspecified atom stereocenters. The highest BCUT2D eigenvalue weighted by atomic mass is 16.5. The molecule has 4 rings (SSSR count). The van der Waals surface area contributed by atoms with Gasteiger partial charge < -0.3 is 19.2 Å². The zero-order valence-corrected chi connectivity index (χ0v) is 14.6. The first-order valence-corrected chi connectivity index (χ1v) is 8.86. The first-order valence-electron chi connectivity index (χ1n) is 8.86. The maximum absolute atomic E-state index is 12.7. The van der Waals surface area contributed by atoms with E-state index in [1.54, 1.807) is 17.0 Å². The lowest BCUT2D eigenvalue weighted by Gasteiger charge is -2.32. The zero-order valence-electron chi connectivity index (χ0n) is 14.6. The van der Waals surface area contributed by atoms with Gasteiger partial charge in [-0.3, -0.25) is 9.59 Å². The van der Waals surface area contributed by atoms with E-state index in [2.05, 4.69) is 10.5 Å². The minimum atomic E-state index is -0.257. The molecule has 3 heterocycles. The highest BCUT2D eigenvalue weighted by molar-refractivity contribution is 5.99. The van der Waals surface area contributed by atoms with E-state index in [0.29, 0.717) is 30.1 Å². The largest absolute Gasteiger partial charge is 0.459 e. The summed E-state index contributed by atoms with van der Waals surface area (Å²) in [4.78, 5) is 26.9. The Morgan fingerprint density at radius 2 is 2.00 bits per heavy atom. The second-order valence-electron chi connectivity index (χ2n) is 6.48. The molecule has 0 bridgehead atoms. The van der Waals surface area contributed by atoms with Crippen LogP contribution in [0.25, 0.3) is 11.3 Å². The molecule has 138 valence electrons. The lowest BCUT2D eigenvalue weighted by molar-refractivity contribution is 0.0647. The fourth-order valence-electron chi connectivity index (χ4n) is 3.30. The molecule has 7 heteroatoms. The third-order valence-corrected chi connectivity index (χ3v) is 4.64. The van der Waals surface area contributed by atoms with Crippen LogP contribution in [0.5, 0.6) is 0 Å². The summed E-state index contributed by atoms with van der Waals surface area (Å²) in [7, 11) is 0. The second-order valence-corrected chi connectivity index (χ2v) is 6.48.